The van der Waals surface area contributed by atoms with Gasteiger partial charge in [-0.15, -0.1) is 11.3 Å². The molecule has 2 aromatic heterocycles. The maximum absolute atomic E-state index is 12.9. The van der Waals surface area contributed by atoms with Crippen LogP contribution in [0.4, 0.5) is 5.13 Å². The molecule has 0 bridgehead atoms. The molecule has 0 aliphatic carbocycles. The van der Waals surface area contributed by atoms with Gasteiger partial charge in [-0.25, -0.2) is 9.97 Å². The summed E-state index contributed by atoms with van der Waals surface area (Å²) in [6.45, 7) is 5.20. The third-order valence-corrected chi connectivity index (χ3v) is 6.08. The van der Waals surface area contributed by atoms with Crippen molar-refractivity contribution in [3.63, 3.8) is 0 Å². The molecule has 0 radical (unpaired) electrons. The third kappa shape index (κ3) is 4.32. The van der Waals surface area contributed by atoms with Crippen molar-refractivity contribution < 1.29 is 9.59 Å². The SMILES string of the molecule is CC(C)C(=O)Nc1nc(CC(=O)N2CCC[C@@H]2Cn2cnc3ccccc32)cs1. The minimum atomic E-state index is -0.103. The van der Waals surface area contributed by atoms with E-state index in [-0.39, 0.29) is 30.2 Å². The Morgan fingerprint density at radius 3 is 2.97 bits per heavy atom. The molecule has 2 amide bonds. The Bertz CT molecular complexity index is 1020. The lowest BCUT2D eigenvalue weighted by Crippen LogP contribution is -2.39. The van der Waals surface area contributed by atoms with Gasteiger partial charge in [0.2, 0.25) is 11.8 Å². The average molecular weight is 412 g/mol. The van der Waals surface area contributed by atoms with E-state index in [9.17, 15) is 9.59 Å². The van der Waals surface area contributed by atoms with Crippen molar-refractivity contribution in [2.45, 2.75) is 45.7 Å². The number of carbonyl (C=O) groups excluding carboxylic acids is 2. The number of carbonyl (C=O) groups is 2. The number of hydrogen-bond donors (Lipinski definition) is 1. The van der Waals surface area contributed by atoms with Crippen molar-refractivity contribution in [1.29, 1.82) is 0 Å². The number of thiazole rings is 1. The van der Waals surface area contributed by atoms with Crippen molar-refractivity contribution in [3.8, 4) is 0 Å². The lowest BCUT2D eigenvalue weighted by molar-refractivity contribution is -0.131. The van der Waals surface area contributed by atoms with Crippen LogP contribution < -0.4 is 5.32 Å². The molecule has 4 rings (SSSR count). The molecular weight excluding hydrogens is 386 g/mol. The topological polar surface area (TPSA) is 80.1 Å². The summed E-state index contributed by atoms with van der Waals surface area (Å²) in [6.07, 6.45) is 4.12. The number of amides is 2. The van der Waals surface area contributed by atoms with Crippen LogP contribution in [0.5, 0.6) is 0 Å². The van der Waals surface area contributed by atoms with E-state index in [0.29, 0.717) is 10.8 Å². The molecular formula is C21H25N5O2S. The van der Waals surface area contributed by atoms with Gasteiger partial charge >= 0.3 is 0 Å². The van der Waals surface area contributed by atoms with Crippen LogP contribution in [-0.4, -0.2) is 43.8 Å². The second kappa shape index (κ2) is 8.32. The largest absolute Gasteiger partial charge is 0.338 e. The zero-order valence-electron chi connectivity index (χ0n) is 16.7. The minimum Gasteiger partial charge on any atom is -0.338 e. The highest BCUT2D eigenvalue weighted by molar-refractivity contribution is 7.13. The molecule has 1 aliphatic heterocycles. The van der Waals surface area contributed by atoms with E-state index < -0.39 is 0 Å². The van der Waals surface area contributed by atoms with Gasteiger partial charge < -0.3 is 14.8 Å². The van der Waals surface area contributed by atoms with Crippen molar-refractivity contribution in [1.82, 2.24) is 19.4 Å². The highest BCUT2D eigenvalue weighted by Crippen LogP contribution is 2.23. The molecule has 7 nitrogen and oxygen atoms in total. The maximum Gasteiger partial charge on any atom is 0.228 e. The average Bonchev–Trinajstić information content (AvgIpc) is 3.43. The van der Waals surface area contributed by atoms with Gasteiger partial charge in [-0.1, -0.05) is 26.0 Å². The fraction of sp³-hybridized carbons (Fsp3) is 0.429. The summed E-state index contributed by atoms with van der Waals surface area (Å²) in [7, 11) is 0. The summed E-state index contributed by atoms with van der Waals surface area (Å²) in [5.41, 5.74) is 2.77. The van der Waals surface area contributed by atoms with Gasteiger partial charge in [-0.05, 0) is 25.0 Å². The van der Waals surface area contributed by atoms with Crippen molar-refractivity contribution in [2.24, 2.45) is 5.92 Å². The summed E-state index contributed by atoms with van der Waals surface area (Å²) >= 11 is 1.36. The summed E-state index contributed by atoms with van der Waals surface area (Å²) in [5.74, 6) is -0.0815. The van der Waals surface area contributed by atoms with E-state index >= 15 is 0 Å². The highest BCUT2D eigenvalue weighted by Gasteiger charge is 2.29. The first-order valence-electron chi connectivity index (χ1n) is 9.96. The second-order valence-electron chi connectivity index (χ2n) is 7.73. The van der Waals surface area contributed by atoms with Crippen LogP contribution in [0.15, 0.2) is 36.0 Å². The van der Waals surface area contributed by atoms with E-state index in [1.54, 1.807) is 0 Å². The Hall–Kier alpha value is -2.74. The number of fused-ring (bicyclic) bond motifs is 1. The van der Waals surface area contributed by atoms with E-state index in [4.69, 9.17) is 0 Å². The fourth-order valence-corrected chi connectivity index (χ4v) is 4.40. The smallest absolute Gasteiger partial charge is 0.228 e. The number of nitrogens with zero attached hydrogens (tertiary/aromatic N) is 4. The van der Waals surface area contributed by atoms with Crippen LogP contribution >= 0.6 is 11.3 Å². The van der Waals surface area contributed by atoms with Gasteiger partial charge in [-0.3, -0.25) is 9.59 Å². The number of para-hydroxylation sites is 2. The number of anilines is 1. The van der Waals surface area contributed by atoms with Gasteiger partial charge in [0.25, 0.3) is 0 Å². The molecule has 152 valence electrons. The molecule has 3 aromatic rings. The van der Waals surface area contributed by atoms with Gasteiger partial charge in [-0.2, -0.15) is 0 Å². The molecule has 1 aromatic carbocycles. The molecule has 1 fully saturated rings. The van der Waals surface area contributed by atoms with Gasteiger partial charge in [0.1, 0.15) is 0 Å². The van der Waals surface area contributed by atoms with Crippen LogP contribution in [0.1, 0.15) is 32.4 Å². The predicted octanol–water partition coefficient (Wildman–Crippen LogP) is 3.32. The molecule has 1 aliphatic rings. The zero-order chi connectivity index (χ0) is 20.4. The number of hydrogen-bond acceptors (Lipinski definition) is 5. The molecule has 0 spiro atoms. The number of likely N-dealkylation sites (tertiary alicyclic amines) is 1. The summed E-state index contributed by atoms with van der Waals surface area (Å²) in [5, 5.41) is 5.19. The zero-order valence-corrected chi connectivity index (χ0v) is 17.5. The molecule has 29 heavy (non-hydrogen) atoms. The Morgan fingerprint density at radius 2 is 2.14 bits per heavy atom. The van der Waals surface area contributed by atoms with Crippen LogP contribution in [0.3, 0.4) is 0 Å². The van der Waals surface area contributed by atoms with Crippen LogP contribution in [-0.2, 0) is 22.6 Å². The quantitative estimate of drug-likeness (QED) is 0.675. The number of benzene rings is 1. The van der Waals surface area contributed by atoms with Crippen LogP contribution in [0.2, 0.25) is 0 Å². The Labute approximate surface area is 173 Å². The standard InChI is InChI=1S/C21H25N5O2S/c1-14(2)20(28)24-21-23-15(12-29-21)10-19(27)26-9-5-6-16(26)11-25-13-22-17-7-3-4-8-18(17)25/h3-4,7-8,12-14,16H,5-6,9-11H2,1-2H3,(H,23,24,28)/t16-/m1/s1. The van der Waals surface area contributed by atoms with E-state index in [1.165, 1.54) is 11.3 Å². The number of imidazole rings is 1. The van der Waals surface area contributed by atoms with Crippen LogP contribution in [0, 0.1) is 5.92 Å². The first kappa shape index (κ1) is 19.6. The number of nitrogens with one attached hydrogen (secondary N) is 1. The van der Waals surface area contributed by atoms with Crippen molar-refractivity contribution in [3.05, 3.63) is 41.7 Å². The highest BCUT2D eigenvalue weighted by atomic mass is 32.1. The molecule has 3 heterocycles. The molecule has 8 heteroatoms. The Morgan fingerprint density at radius 1 is 1.31 bits per heavy atom. The van der Waals surface area contributed by atoms with Crippen LogP contribution in [0.25, 0.3) is 11.0 Å². The van der Waals surface area contributed by atoms with E-state index in [0.717, 1.165) is 37.0 Å². The summed E-state index contributed by atoms with van der Waals surface area (Å²) in [4.78, 5) is 35.6. The van der Waals surface area contributed by atoms with Gasteiger partial charge in [0.05, 0.1) is 29.5 Å². The van der Waals surface area contributed by atoms with Crippen molar-refractivity contribution in [2.75, 3.05) is 11.9 Å². The first-order chi connectivity index (χ1) is 14.0. The normalized spacial score (nSPS) is 16.7. The Kier molecular flexibility index (Phi) is 5.62. The first-order valence-corrected chi connectivity index (χ1v) is 10.8. The molecule has 1 saturated heterocycles. The summed E-state index contributed by atoms with van der Waals surface area (Å²) < 4.78 is 2.13. The molecule has 0 saturated carbocycles. The third-order valence-electron chi connectivity index (χ3n) is 5.27. The fourth-order valence-electron chi connectivity index (χ4n) is 3.69. The maximum atomic E-state index is 12.9. The van der Waals surface area contributed by atoms with Gasteiger partial charge in [0.15, 0.2) is 5.13 Å². The lowest BCUT2D eigenvalue weighted by Gasteiger charge is -2.25. The Balaban J connectivity index is 1.40. The van der Waals surface area contributed by atoms with E-state index in [2.05, 4.69) is 25.9 Å². The summed E-state index contributed by atoms with van der Waals surface area (Å²) in [6, 6.07) is 8.22. The lowest BCUT2D eigenvalue weighted by atomic mass is 10.2. The second-order valence-corrected chi connectivity index (χ2v) is 8.59. The predicted molar refractivity (Wildman–Crippen MR) is 114 cm³/mol. The molecule has 1 atom stereocenters. The number of rotatable bonds is 6. The van der Waals surface area contributed by atoms with E-state index in [1.807, 2.05) is 48.7 Å². The monoisotopic (exact) mass is 411 g/mol. The van der Waals surface area contributed by atoms with Crippen molar-refractivity contribution >= 4 is 39.3 Å². The number of aromatic nitrogens is 3. The molecule has 1 N–H and O–H groups in total. The van der Waals surface area contributed by atoms with Gasteiger partial charge in [0, 0.05) is 30.4 Å². The minimum absolute atomic E-state index is 0.0654. The molecule has 0 unspecified atom stereocenters.